The average Bonchev–Trinajstić information content (AvgIpc) is 2.77. The quantitative estimate of drug-likeness (QED) is 0.181. The van der Waals surface area contributed by atoms with Crippen LogP contribution >= 0.6 is 9.29 Å². The van der Waals surface area contributed by atoms with Gasteiger partial charge in [0.15, 0.2) is 0 Å². The molecule has 0 saturated heterocycles. The topological polar surface area (TPSA) is 0 Å². The molecule has 0 bridgehead atoms. The molecule has 0 N–H and O–H groups in total. The summed E-state index contributed by atoms with van der Waals surface area (Å²) in [6.07, 6.45) is 0. The Morgan fingerprint density at radius 1 is 0.426 bits per heavy atom. The molecule has 0 amide bonds. The van der Waals surface area contributed by atoms with E-state index in [0.29, 0.717) is 22.2 Å². The summed E-state index contributed by atoms with van der Waals surface area (Å²) in [5.74, 6) is 1.03. The molecule has 2 aromatic carbocycles. The molecule has 0 aliphatic rings. The van der Waals surface area contributed by atoms with Gasteiger partial charge in [0.1, 0.15) is 0 Å². The predicted molar refractivity (Wildman–Crippen MR) is 242 cm³/mol. The van der Waals surface area contributed by atoms with Crippen LogP contribution in [-0.4, -0.2) is 66.3 Å². The zero-order chi connectivity index (χ0) is 37.0. The van der Waals surface area contributed by atoms with Crippen molar-refractivity contribution >= 4 is 82.7 Å². The van der Waals surface area contributed by atoms with Gasteiger partial charge in [-0.25, -0.2) is 0 Å². The standard InChI is InChI=1S/C27H59Si6.C12H17.S.Sn/c1-28(2,3)25(29(4,5)6)22-19-23(26(30(7,8)9)31(10,11)12)21-24(20-22)27(32(13,14)15)33(16,17)18;1-9(2)11-6-5-7-12(8-11)10(3)4;;/h19-20,25-27H,1-18H3;5-6,8-10H,1-4H3;;. The van der Waals surface area contributed by atoms with Gasteiger partial charge < -0.3 is 0 Å². The van der Waals surface area contributed by atoms with E-state index in [0.717, 1.165) is 5.16 Å². The third-order valence-corrected chi connectivity index (χ3v) is 46.6. The van der Waals surface area contributed by atoms with Gasteiger partial charge in [0, 0.05) is 0 Å². The second kappa shape index (κ2) is 15.0. The summed E-state index contributed by atoms with van der Waals surface area (Å²) in [6.45, 7) is 57.6. The van der Waals surface area contributed by atoms with Crippen molar-refractivity contribution in [2.75, 3.05) is 0 Å². The van der Waals surface area contributed by atoms with E-state index in [9.17, 15) is 0 Å². The maximum absolute atomic E-state index is 7.22. The van der Waals surface area contributed by atoms with Gasteiger partial charge in [0.25, 0.3) is 0 Å². The van der Waals surface area contributed by atoms with Crippen LogP contribution in [0.3, 0.4) is 0 Å². The van der Waals surface area contributed by atoms with E-state index in [-0.39, 0.29) is 0 Å². The van der Waals surface area contributed by atoms with E-state index in [1.54, 1.807) is 29.4 Å². The van der Waals surface area contributed by atoms with Crippen LogP contribution in [0.2, 0.25) is 118 Å². The normalized spacial score (nSPS) is 14.4. The minimum atomic E-state index is -2.80. The van der Waals surface area contributed by atoms with Crippen molar-refractivity contribution in [3.63, 3.8) is 0 Å². The van der Waals surface area contributed by atoms with E-state index in [2.05, 4.69) is 176 Å². The zero-order valence-electron chi connectivity index (χ0n) is 35.2. The second-order valence-corrected chi connectivity index (χ2v) is 63.2. The number of benzene rings is 2. The zero-order valence-corrected chi connectivity index (χ0v) is 44.9. The van der Waals surface area contributed by atoms with Gasteiger partial charge in [0.2, 0.25) is 0 Å². The Morgan fingerprint density at radius 2 is 0.745 bits per heavy atom. The van der Waals surface area contributed by atoms with Gasteiger partial charge in [-0.15, -0.1) is 0 Å². The van der Waals surface area contributed by atoms with Gasteiger partial charge in [-0.2, -0.15) is 0 Å². The maximum atomic E-state index is 7.22. The Morgan fingerprint density at radius 3 is 1.02 bits per heavy atom. The summed E-state index contributed by atoms with van der Waals surface area (Å²) >= 11 is -2.80. The summed E-state index contributed by atoms with van der Waals surface area (Å²) in [7, 11) is -2.23. The van der Waals surface area contributed by atoms with E-state index < -0.39 is 66.3 Å². The third-order valence-electron chi connectivity index (χ3n) is 10.2. The first-order valence-corrected chi connectivity index (χ1v) is 46.8. The fraction of sp³-hybridized carbons (Fsp3) is 0.692. The Hall–Kier alpha value is 0.760. The van der Waals surface area contributed by atoms with E-state index in [1.807, 2.05) is 0 Å². The van der Waals surface area contributed by atoms with Crippen LogP contribution in [0.15, 0.2) is 30.3 Å². The molecular weight excluding hydrogens is 788 g/mol. The van der Waals surface area contributed by atoms with Crippen LogP contribution in [0.25, 0.3) is 0 Å². The number of hydrogen-bond donors (Lipinski definition) is 0. The van der Waals surface area contributed by atoms with Gasteiger partial charge in [-0.1, -0.05) is 0 Å². The van der Waals surface area contributed by atoms with Crippen molar-refractivity contribution in [3.05, 3.63) is 58.1 Å². The summed E-state index contributed by atoms with van der Waals surface area (Å²) in [5.41, 5.74) is 8.32. The predicted octanol–water partition coefficient (Wildman–Crippen LogP) is 12.8. The van der Waals surface area contributed by atoms with E-state index in [4.69, 9.17) is 9.29 Å². The third kappa shape index (κ3) is 10.7. The van der Waals surface area contributed by atoms with Crippen molar-refractivity contribution in [3.8, 4) is 0 Å². The fourth-order valence-electron chi connectivity index (χ4n) is 10.1. The van der Waals surface area contributed by atoms with Gasteiger partial charge in [-0.3, -0.25) is 0 Å². The second-order valence-electron chi connectivity index (χ2n) is 22.1. The monoisotopic (exact) mass is 864 g/mol. The van der Waals surface area contributed by atoms with E-state index >= 15 is 0 Å². The molecule has 0 atom stereocenters. The molecule has 0 saturated carbocycles. The van der Waals surface area contributed by atoms with Crippen LogP contribution in [0.5, 0.6) is 0 Å². The summed E-state index contributed by atoms with van der Waals surface area (Å²) < 4.78 is 3.37. The molecule has 0 spiro atoms. The Balaban J connectivity index is 3.46. The van der Waals surface area contributed by atoms with Crippen LogP contribution in [-0.2, 0) is 0 Å². The molecule has 2 aromatic rings. The summed E-state index contributed by atoms with van der Waals surface area (Å²) in [6, 6.07) is 13.3. The molecule has 0 aliphatic heterocycles. The molecule has 8 heteroatoms. The first kappa shape index (κ1) is 43.9. The number of hydrogen-bond acceptors (Lipinski definition) is 1. The van der Waals surface area contributed by atoms with Gasteiger partial charge >= 0.3 is 314 Å². The van der Waals surface area contributed by atoms with Crippen molar-refractivity contribution in [2.45, 2.75) is 173 Å². The van der Waals surface area contributed by atoms with Crippen molar-refractivity contribution in [1.29, 1.82) is 0 Å². The van der Waals surface area contributed by atoms with Gasteiger partial charge in [0.05, 0.1) is 0 Å². The first-order chi connectivity index (χ1) is 20.7. The Bertz CT molecular complexity index is 1330. The molecule has 2 rings (SSSR count). The Labute approximate surface area is 311 Å². The molecule has 0 aliphatic carbocycles. The molecule has 0 aromatic heterocycles. The van der Waals surface area contributed by atoms with Gasteiger partial charge in [-0.05, 0) is 0 Å². The van der Waals surface area contributed by atoms with E-state index in [1.165, 1.54) is 5.56 Å². The molecule has 0 unspecified atom stereocenters. The molecule has 0 radical (unpaired) electrons. The summed E-state index contributed by atoms with van der Waals surface area (Å²) in [5, 5.41) is 2.14. The van der Waals surface area contributed by atoms with Crippen LogP contribution in [0, 0.1) is 0 Å². The molecular formula is C39H76SSi6Sn. The summed E-state index contributed by atoms with van der Waals surface area (Å²) in [4.78, 5) is 0. The van der Waals surface area contributed by atoms with Crippen molar-refractivity contribution in [2.24, 2.45) is 0 Å². The minimum absolute atomic E-state index is 0.492. The van der Waals surface area contributed by atoms with Crippen LogP contribution < -0.4 is 7.16 Å². The van der Waals surface area contributed by atoms with Crippen LogP contribution in [0.1, 0.15) is 82.8 Å². The number of rotatable bonds is 13. The Kier molecular flexibility index (Phi) is 14.0. The molecule has 266 valence electrons. The fourth-order valence-corrected chi connectivity index (χ4v) is 58.7. The molecule has 0 heterocycles. The molecule has 0 fully saturated rings. The average molecular weight is 864 g/mol. The van der Waals surface area contributed by atoms with Crippen molar-refractivity contribution in [1.82, 2.24) is 0 Å². The molecule has 0 nitrogen and oxygen atoms in total. The molecule has 47 heavy (non-hydrogen) atoms. The SMILES string of the molecule is CC(C)c1cc[c]([Sn](=[S])[c]2c(C([Si](C)(C)C)[Si](C)(C)C)cc(C([Si](C)(C)C)[Si](C)(C)C)cc2C([Si](C)(C)C)[Si](C)(C)C)c(C(C)C)c1. The van der Waals surface area contributed by atoms with Crippen LogP contribution in [0.4, 0.5) is 0 Å². The van der Waals surface area contributed by atoms with Crippen molar-refractivity contribution < 1.29 is 0 Å². The first-order valence-electron chi connectivity index (χ1n) is 18.6.